The molecule has 3 rings (SSSR count). The number of anilines is 1. The number of hydrogen-bond acceptors (Lipinski definition) is 4. The lowest BCUT2D eigenvalue weighted by molar-refractivity contribution is 0.103. The maximum atomic E-state index is 12.3. The summed E-state index contributed by atoms with van der Waals surface area (Å²) in [6.07, 6.45) is 6.31. The Morgan fingerprint density at radius 2 is 2.09 bits per heavy atom. The van der Waals surface area contributed by atoms with Crippen molar-refractivity contribution >= 4 is 23.1 Å². The molecule has 0 fully saturated rings. The predicted octanol–water partition coefficient (Wildman–Crippen LogP) is 3.51. The molecule has 6 heteroatoms. The molecule has 0 bridgehead atoms. The van der Waals surface area contributed by atoms with E-state index in [4.69, 9.17) is 0 Å². The summed E-state index contributed by atoms with van der Waals surface area (Å²) in [5.74, 6) is 0.458. The Balaban J connectivity index is 1.67. The fourth-order valence-electron chi connectivity index (χ4n) is 2.35. The zero-order valence-electron chi connectivity index (χ0n) is 13.1. The first kappa shape index (κ1) is 15.4. The molecule has 0 aliphatic heterocycles. The largest absolute Gasteiger partial charge is 0.304 e. The number of thiophene rings is 1. The lowest BCUT2D eigenvalue weighted by Crippen LogP contribution is -2.11. The summed E-state index contributed by atoms with van der Waals surface area (Å²) < 4.78 is 1.79. The molecule has 3 aromatic heterocycles. The number of amides is 1. The molecule has 0 spiro atoms. The van der Waals surface area contributed by atoms with Gasteiger partial charge in [0.2, 0.25) is 0 Å². The molecule has 118 valence electrons. The number of carbonyl (C=O) groups is 1. The quantitative estimate of drug-likeness (QED) is 0.780. The van der Waals surface area contributed by atoms with Gasteiger partial charge < -0.3 is 5.32 Å². The highest BCUT2D eigenvalue weighted by Crippen LogP contribution is 2.23. The second kappa shape index (κ2) is 6.75. The van der Waals surface area contributed by atoms with Gasteiger partial charge in [0.15, 0.2) is 5.82 Å². The van der Waals surface area contributed by atoms with E-state index in [1.54, 1.807) is 34.5 Å². The van der Waals surface area contributed by atoms with Gasteiger partial charge >= 0.3 is 0 Å². The van der Waals surface area contributed by atoms with E-state index in [2.05, 4.69) is 22.3 Å². The molecular weight excluding hydrogens is 308 g/mol. The van der Waals surface area contributed by atoms with Gasteiger partial charge in [-0.05, 0) is 42.7 Å². The zero-order valence-corrected chi connectivity index (χ0v) is 13.9. The molecule has 0 saturated heterocycles. The normalized spacial score (nSPS) is 10.7. The second-order valence-corrected chi connectivity index (χ2v) is 6.42. The molecule has 0 radical (unpaired) electrons. The van der Waals surface area contributed by atoms with Gasteiger partial charge in [0.25, 0.3) is 5.91 Å². The molecule has 0 aliphatic carbocycles. The van der Waals surface area contributed by atoms with E-state index in [0.29, 0.717) is 12.4 Å². The average molecular weight is 326 g/mol. The lowest BCUT2D eigenvalue weighted by Gasteiger charge is -2.01. The standard InChI is InChI=1S/C17H18N4OS/c1-3-14-12(2)10-15(23-14)17(22)19-16-6-9-21(20-16)11-13-4-7-18-8-5-13/h4-10H,3,11H2,1-2H3,(H,19,20,22). The highest BCUT2D eigenvalue weighted by atomic mass is 32.1. The van der Waals surface area contributed by atoms with Gasteiger partial charge in [-0.15, -0.1) is 11.3 Å². The van der Waals surface area contributed by atoms with Gasteiger partial charge in [0.1, 0.15) is 0 Å². The number of nitrogens with zero attached hydrogens (tertiary/aromatic N) is 3. The van der Waals surface area contributed by atoms with Gasteiger partial charge in [0, 0.05) is 29.5 Å². The third kappa shape index (κ3) is 3.65. The maximum Gasteiger partial charge on any atom is 0.266 e. The van der Waals surface area contributed by atoms with Crippen LogP contribution in [-0.2, 0) is 13.0 Å². The van der Waals surface area contributed by atoms with Crippen molar-refractivity contribution in [3.05, 3.63) is 63.7 Å². The molecule has 0 aromatic carbocycles. The van der Waals surface area contributed by atoms with Crippen molar-refractivity contribution < 1.29 is 4.79 Å². The summed E-state index contributed by atoms with van der Waals surface area (Å²) in [4.78, 5) is 18.3. The fourth-order valence-corrected chi connectivity index (χ4v) is 3.36. The minimum atomic E-state index is -0.105. The van der Waals surface area contributed by atoms with Crippen molar-refractivity contribution in [2.75, 3.05) is 5.32 Å². The maximum absolute atomic E-state index is 12.3. The summed E-state index contributed by atoms with van der Waals surface area (Å²) in [7, 11) is 0. The molecule has 0 aliphatic rings. The topological polar surface area (TPSA) is 59.8 Å². The summed E-state index contributed by atoms with van der Waals surface area (Å²) >= 11 is 1.54. The average Bonchev–Trinajstić information content (AvgIpc) is 3.14. The van der Waals surface area contributed by atoms with Crippen LogP contribution in [-0.4, -0.2) is 20.7 Å². The number of rotatable bonds is 5. The van der Waals surface area contributed by atoms with E-state index in [0.717, 1.165) is 16.9 Å². The van der Waals surface area contributed by atoms with E-state index in [-0.39, 0.29) is 5.91 Å². The van der Waals surface area contributed by atoms with E-state index >= 15 is 0 Å². The van der Waals surface area contributed by atoms with Crippen LogP contribution in [0, 0.1) is 6.92 Å². The molecule has 0 saturated carbocycles. The van der Waals surface area contributed by atoms with Crippen molar-refractivity contribution in [1.82, 2.24) is 14.8 Å². The summed E-state index contributed by atoms with van der Waals surface area (Å²) in [6.45, 7) is 4.79. The second-order valence-electron chi connectivity index (χ2n) is 5.28. The van der Waals surface area contributed by atoms with Crippen LogP contribution in [0.1, 0.15) is 32.6 Å². The van der Waals surface area contributed by atoms with E-state index in [1.807, 2.05) is 31.3 Å². The van der Waals surface area contributed by atoms with Crippen LogP contribution in [0.5, 0.6) is 0 Å². The van der Waals surface area contributed by atoms with Crippen molar-refractivity contribution in [2.45, 2.75) is 26.8 Å². The molecular formula is C17H18N4OS. The number of aromatic nitrogens is 3. The SMILES string of the molecule is CCc1sc(C(=O)Nc2ccn(Cc3ccncc3)n2)cc1C. The highest BCUT2D eigenvalue weighted by molar-refractivity contribution is 7.14. The van der Waals surface area contributed by atoms with Crippen LogP contribution in [0.4, 0.5) is 5.82 Å². The Labute approximate surface area is 139 Å². The van der Waals surface area contributed by atoms with Gasteiger partial charge in [-0.3, -0.25) is 14.5 Å². The molecule has 0 atom stereocenters. The molecule has 5 nitrogen and oxygen atoms in total. The molecule has 3 aromatic rings. The summed E-state index contributed by atoms with van der Waals surface area (Å²) in [5.41, 5.74) is 2.29. The van der Waals surface area contributed by atoms with Gasteiger partial charge in [0.05, 0.1) is 11.4 Å². The molecule has 1 N–H and O–H groups in total. The number of pyridine rings is 1. The van der Waals surface area contributed by atoms with Gasteiger partial charge in [-0.1, -0.05) is 6.92 Å². The third-order valence-corrected chi connectivity index (χ3v) is 4.92. The van der Waals surface area contributed by atoms with Crippen molar-refractivity contribution in [2.24, 2.45) is 0 Å². The van der Waals surface area contributed by atoms with Crippen LogP contribution >= 0.6 is 11.3 Å². The van der Waals surface area contributed by atoms with Crippen molar-refractivity contribution in [1.29, 1.82) is 0 Å². The van der Waals surface area contributed by atoms with Crippen LogP contribution < -0.4 is 5.32 Å². The van der Waals surface area contributed by atoms with Crippen LogP contribution in [0.3, 0.4) is 0 Å². The lowest BCUT2D eigenvalue weighted by atomic mass is 10.2. The third-order valence-electron chi connectivity index (χ3n) is 3.54. The predicted molar refractivity (Wildman–Crippen MR) is 92.0 cm³/mol. The van der Waals surface area contributed by atoms with E-state index < -0.39 is 0 Å². The summed E-state index contributed by atoms with van der Waals surface area (Å²) in [5, 5.41) is 7.25. The fraction of sp³-hybridized carbons (Fsp3) is 0.235. The molecule has 0 unspecified atom stereocenters. The number of hydrogen-bond donors (Lipinski definition) is 1. The van der Waals surface area contributed by atoms with Crippen molar-refractivity contribution in [3.63, 3.8) is 0 Å². The first-order valence-electron chi connectivity index (χ1n) is 7.48. The van der Waals surface area contributed by atoms with E-state index in [1.165, 1.54) is 10.4 Å². The number of carbonyl (C=O) groups excluding carboxylic acids is 1. The van der Waals surface area contributed by atoms with Crippen LogP contribution in [0.15, 0.2) is 42.9 Å². The molecule has 23 heavy (non-hydrogen) atoms. The molecule has 3 heterocycles. The number of nitrogens with one attached hydrogen (secondary N) is 1. The molecule has 1 amide bonds. The smallest absolute Gasteiger partial charge is 0.266 e. The van der Waals surface area contributed by atoms with Crippen molar-refractivity contribution in [3.8, 4) is 0 Å². The first-order chi connectivity index (χ1) is 11.2. The zero-order chi connectivity index (χ0) is 16.2. The van der Waals surface area contributed by atoms with Crippen LogP contribution in [0.25, 0.3) is 0 Å². The van der Waals surface area contributed by atoms with Gasteiger partial charge in [-0.2, -0.15) is 5.10 Å². The van der Waals surface area contributed by atoms with Crippen LogP contribution in [0.2, 0.25) is 0 Å². The Hall–Kier alpha value is -2.47. The monoisotopic (exact) mass is 326 g/mol. The minimum absolute atomic E-state index is 0.105. The highest BCUT2D eigenvalue weighted by Gasteiger charge is 2.13. The summed E-state index contributed by atoms with van der Waals surface area (Å²) in [6, 6.07) is 7.63. The Kier molecular flexibility index (Phi) is 4.52. The first-order valence-corrected chi connectivity index (χ1v) is 8.30. The Morgan fingerprint density at radius 3 is 2.78 bits per heavy atom. The Morgan fingerprint density at radius 1 is 1.30 bits per heavy atom. The van der Waals surface area contributed by atoms with Gasteiger partial charge in [-0.25, -0.2) is 0 Å². The minimum Gasteiger partial charge on any atom is -0.304 e. The number of aryl methyl sites for hydroxylation is 2. The Bertz CT molecular complexity index is 807. The van der Waals surface area contributed by atoms with E-state index in [9.17, 15) is 4.79 Å².